The lowest BCUT2D eigenvalue weighted by molar-refractivity contribution is 0.178. The number of fused-ring (bicyclic) bond motifs is 1. The molecule has 3 fully saturated rings. The van der Waals surface area contributed by atoms with Gasteiger partial charge in [0.1, 0.15) is 6.29 Å². The van der Waals surface area contributed by atoms with E-state index in [0.717, 1.165) is 37.6 Å². The number of nitrogens with one attached hydrogen (secondary N) is 5. The molecule has 3 rings (SSSR count). The van der Waals surface area contributed by atoms with Crippen molar-refractivity contribution in [3.8, 4) is 0 Å². The first-order valence-electron chi connectivity index (χ1n) is 9.96. The number of amides is 2. The van der Waals surface area contributed by atoms with Gasteiger partial charge in [-0.25, -0.2) is 4.79 Å². The first-order chi connectivity index (χ1) is 11.6. The van der Waals surface area contributed by atoms with Crippen molar-refractivity contribution in [1.82, 2.24) is 26.6 Å². The van der Waals surface area contributed by atoms with Gasteiger partial charge in [0, 0.05) is 12.1 Å². The third-order valence-corrected chi connectivity index (χ3v) is 5.95. The third kappa shape index (κ3) is 4.83. The summed E-state index contributed by atoms with van der Waals surface area (Å²) >= 11 is 0. The van der Waals surface area contributed by atoms with E-state index in [-0.39, 0.29) is 18.5 Å². The van der Waals surface area contributed by atoms with E-state index in [4.69, 9.17) is 0 Å². The van der Waals surface area contributed by atoms with E-state index in [2.05, 4.69) is 40.4 Å². The maximum Gasteiger partial charge on any atom is 0.317 e. The van der Waals surface area contributed by atoms with E-state index in [1.165, 1.54) is 32.1 Å². The Morgan fingerprint density at radius 2 is 1.88 bits per heavy atom. The first-order valence-corrected chi connectivity index (χ1v) is 9.96. The molecule has 0 aromatic carbocycles. The van der Waals surface area contributed by atoms with E-state index in [9.17, 15) is 4.79 Å². The minimum absolute atomic E-state index is 0.0511. The number of urea groups is 1. The highest BCUT2D eigenvalue weighted by Gasteiger charge is 2.34. The fourth-order valence-corrected chi connectivity index (χ4v) is 4.76. The van der Waals surface area contributed by atoms with Crippen molar-refractivity contribution in [1.29, 1.82) is 0 Å². The molecule has 3 aliphatic rings. The fourth-order valence-electron chi connectivity index (χ4n) is 4.76. The summed E-state index contributed by atoms with van der Waals surface area (Å²) in [4.78, 5) is 12.4. The molecule has 6 nitrogen and oxygen atoms in total. The molecule has 0 spiro atoms. The Balaban J connectivity index is 1.42. The van der Waals surface area contributed by atoms with E-state index in [0.29, 0.717) is 12.1 Å². The lowest BCUT2D eigenvalue weighted by atomic mass is 9.79. The molecule has 2 aliphatic carbocycles. The van der Waals surface area contributed by atoms with Crippen LogP contribution in [0.15, 0.2) is 0 Å². The molecular formula is C18H35N5O. The topological polar surface area (TPSA) is 77.2 Å². The number of hydrogen-bond donors (Lipinski definition) is 5. The summed E-state index contributed by atoms with van der Waals surface area (Å²) in [5, 5.41) is 16.6. The van der Waals surface area contributed by atoms with Gasteiger partial charge in [-0.05, 0) is 57.4 Å². The molecule has 0 bridgehead atoms. The molecule has 1 aliphatic heterocycles. The van der Waals surface area contributed by atoms with Gasteiger partial charge in [-0.3, -0.25) is 10.6 Å². The molecule has 0 radical (unpaired) electrons. The molecule has 138 valence electrons. The smallest absolute Gasteiger partial charge is 0.317 e. The van der Waals surface area contributed by atoms with Crippen LogP contribution in [0, 0.1) is 11.8 Å². The SMILES string of the molecule is CCCNC1CC(C)NC(NC(=O)NC2CCC3CCCC3C2)N1. The summed E-state index contributed by atoms with van der Waals surface area (Å²) in [6, 6.07) is 0.670. The van der Waals surface area contributed by atoms with Gasteiger partial charge in [-0.1, -0.05) is 26.2 Å². The second kappa shape index (κ2) is 8.50. The Morgan fingerprint density at radius 1 is 1.04 bits per heavy atom. The van der Waals surface area contributed by atoms with Crippen molar-refractivity contribution in [3.63, 3.8) is 0 Å². The highest BCUT2D eigenvalue weighted by atomic mass is 16.2. The van der Waals surface area contributed by atoms with Gasteiger partial charge in [0.25, 0.3) is 0 Å². The number of hydrogen-bond acceptors (Lipinski definition) is 4. The lowest BCUT2D eigenvalue weighted by Gasteiger charge is -2.37. The van der Waals surface area contributed by atoms with Crippen LogP contribution in [-0.2, 0) is 0 Å². The Labute approximate surface area is 146 Å². The molecule has 2 saturated carbocycles. The molecule has 0 aromatic heterocycles. The van der Waals surface area contributed by atoms with Crippen molar-refractivity contribution >= 4 is 6.03 Å². The number of carbonyl (C=O) groups is 1. The molecule has 6 unspecified atom stereocenters. The van der Waals surface area contributed by atoms with Crippen LogP contribution in [0.1, 0.15) is 65.2 Å². The van der Waals surface area contributed by atoms with E-state index in [1.807, 2.05) is 0 Å². The summed E-state index contributed by atoms with van der Waals surface area (Å²) < 4.78 is 0. The normalized spacial score (nSPS) is 39.2. The van der Waals surface area contributed by atoms with E-state index < -0.39 is 0 Å². The van der Waals surface area contributed by atoms with Crippen molar-refractivity contribution in [3.05, 3.63) is 0 Å². The van der Waals surface area contributed by atoms with Gasteiger partial charge < -0.3 is 16.0 Å². The highest BCUT2D eigenvalue weighted by molar-refractivity contribution is 5.74. The molecule has 24 heavy (non-hydrogen) atoms. The molecule has 1 heterocycles. The molecular weight excluding hydrogens is 302 g/mol. The zero-order valence-electron chi connectivity index (χ0n) is 15.2. The predicted molar refractivity (Wildman–Crippen MR) is 96.4 cm³/mol. The standard InChI is InChI=1S/C18H35N5O/c1-3-9-19-16-10-12(2)20-17(22-16)23-18(24)21-15-8-7-13-5-4-6-14(13)11-15/h12-17,19-20,22H,3-11H2,1-2H3,(H2,21,23,24). The molecule has 1 saturated heterocycles. The quantitative estimate of drug-likeness (QED) is 0.530. The Kier molecular flexibility index (Phi) is 6.36. The van der Waals surface area contributed by atoms with Gasteiger partial charge >= 0.3 is 6.03 Å². The summed E-state index contributed by atoms with van der Waals surface area (Å²) in [6.45, 7) is 5.32. The van der Waals surface area contributed by atoms with E-state index >= 15 is 0 Å². The Hall–Kier alpha value is -0.850. The van der Waals surface area contributed by atoms with Crippen LogP contribution < -0.4 is 26.6 Å². The van der Waals surface area contributed by atoms with Gasteiger partial charge in [0.05, 0.1) is 6.17 Å². The second-order valence-electron chi connectivity index (χ2n) is 7.99. The average molecular weight is 338 g/mol. The molecule has 6 atom stereocenters. The minimum atomic E-state index is -0.175. The fraction of sp³-hybridized carbons (Fsp3) is 0.944. The zero-order chi connectivity index (χ0) is 16.9. The van der Waals surface area contributed by atoms with E-state index in [1.54, 1.807) is 0 Å². The summed E-state index contributed by atoms with van der Waals surface area (Å²) in [7, 11) is 0. The molecule has 2 amide bonds. The lowest BCUT2D eigenvalue weighted by Crippen LogP contribution is -2.68. The summed E-state index contributed by atoms with van der Waals surface area (Å²) in [5.74, 6) is 1.77. The van der Waals surface area contributed by atoms with Gasteiger partial charge in [-0.2, -0.15) is 0 Å². The van der Waals surface area contributed by atoms with Gasteiger partial charge in [0.2, 0.25) is 0 Å². The molecule has 0 aromatic rings. The minimum Gasteiger partial charge on any atom is -0.335 e. The average Bonchev–Trinajstić information content (AvgIpc) is 3.00. The van der Waals surface area contributed by atoms with Crippen molar-refractivity contribution in [2.45, 2.75) is 89.8 Å². The van der Waals surface area contributed by atoms with Gasteiger partial charge in [0.15, 0.2) is 0 Å². The summed E-state index contributed by atoms with van der Waals surface area (Å²) in [6.07, 6.45) is 9.95. The first kappa shape index (κ1) is 18.0. The van der Waals surface area contributed by atoms with Crippen LogP contribution in [0.25, 0.3) is 0 Å². The molecule has 6 heteroatoms. The van der Waals surface area contributed by atoms with Crippen LogP contribution >= 0.6 is 0 Å². The largest absolute Gasteiger partial charge is 0.335 e. The Bertz CT molecular complexity index is 418. The number of carbonyl (C=O) groups excluding carboxylic acids is 1. The highest BCUT2D eigenvalue weighted by Crippen LogP contribution is 2.41. The molecule has 5 N–H and O–H groups in total. The second-order valence-corrected chi connectivity index (χ2v) is 7.99. The zero-order valence-corrected chi connectivity index (χ0v) is 15.2. The van der Waals surface area contributed by atoms with Crippen molar-refractivity contribution < 1.29 is 4.79 Å². The van der Waals surface area contributed by atoms with Gasteiger partial charge in [-0.15, -0.1) is 0 Å². The van der Waals surface area contributed by atoms with Crippen molar-refractivity contribution in [2.24, 2.45) is 11.8 Å². The van der Waals surface area contributed by atoms with Crippen molar-refractivity contribution in [2.75, 3.05) is 6.54 Å². The van der Waals surface area contributed by atoms with Crippen LogP contribution in [0.3, 0.4) is 0 Å². The Morgan fingerprint density at radius 3 is 2.71 bits per heavy atom. The summed E-state index contributed by atoms with van der Waals surface area (Å²) in [5.41, 5.74) is 0. The third-order valence-electron chi connectivity index (χ3n) is 5.95. The predicted octanol–water partition coefficient (Wildman–Crippen LogP) is 1.84. The van der Waals surface area contributed by atoms with Crippen LogP contribution in [0.2, 0.25) is 0 Å². The van der Waals surface area contributed by atoms with Crippen LogP contribution in [-0.4, -0.2) is 37.1 Å². The maximum absolute atomic E-state index is 12.4. The number of rotatable bonds is 5. The van der Waals surface area contributed by atoms with Crippen LogP contribution in [0.5, 0.6) is 0 Å². The monoisotopic (exact) mass is 337 g/mol. The van der Waals surface area contributed by atoms with Crippen LogP contribution in [0.4, 0.5) is 4.79 Å². The maximum atomic E-state index is 12.4.